The summed E-state index contributed by atoms with van der Waals surface area (Å²) in [5.74, 6) is 2.93. The van der Waals surface area contributed by atoms with Crippen molar-refractivity contribution >= 4 is 17.4 Å². The monoisotopic (exact) mass is 476 g/mol. The molecule has 0 amide bonds. The average molecular weight is 477 g/mol. The van der Waals surface area contributed by atoms with Crippen molar-refractivity contribution in [2.24, 2.45) is 0 Å². The average Bonchev–Trinajstić information content (AvgIpc) is 2.89. The van der Waals surface area contributed by atoms with Crippen molar-refractivity contribution in [2.75, 3.05) is 44.0 Å². The maximum atomic E-state index is 5.99. The first-order valence-corrected chi connectivity index (χ1v) is 13.2. The minimum atomic E-state index is 0.429. The Morgan fingerprint density at radius 1 is 0.882 bits per heavy atom. The number of benzene rings is 3. The molecule has 0 N–H and O–H groups in total. The van der Waals surface area contributed by atoms with Crippen LogP contribution in [0, 0.1) is 0 Å². The molecule has 4 nitrogen and oxygen atoms in total. The SMILES string of the molecule is CCN(CC)CCOc1ccc(CN2c3ccccc3SC[C@@H]2Cc2ccc(OC)cc2)cc1. The number of hydrogen-bond acceptors (Lipinski definition) is 5. The molecule has 4 rings (SSSR count). The molecule has 3 aromatic rings. The van der Waals surface area contributed by atoms with Gasteiger partial charge >= 0.3 is 0 Å². The van der Waals surface area contributed by atoms with Gasteiger partial charge in [-0.3, -0.25) is 0 Å². The van der Waals surface area contributed by atoms with E-state index in [-0.39, 0.29) is 0 Å². The lowest BCUT2D eigenvalue weighted by atomic mass is 10.0. The fraction of sp³-hybridized carbons (Fsp3) is 0.379. The quantitative estimate of drug-likeness (QED) is 0.331. The number of para-hydroxylation sites is 1. The van der Waals surface area contributed by atoms with Crippen LogP contribution in [0.15, 0.2) is 77.7 Å². The van der Waals surface area contributed by atoms with Gasteiger partial charge in [-0.1, -0.05) is 50.2 Å². The van der Waals surface area contributed by atoms with E-state index in [1.807, 2.05) is 11.8 Å². The molecule has 34 heavy (non-hydrogen) atoms. The molecule has 0 bridgehead atoms. The van der Waals surface area contributed by atoms with Gasteiger partial charge in [-0.2, -0.15) is 0 Å². The highest BCUT2D eigenvalue weighted by Gasteiger charge is 2.27. The molecular weight excluding hydrogens is 440 g/mol. The first kappa shape index (κ1) is 24.5. The normalized spacial score (nSPS) is 15.3. The molecule has 3 aromatic carbocycles. The fourth-order valence-corrected chi connectivity index (χ4v) is 5.60. The molecule has 180 valence electrons. The van der Waals surface area contributed by atoms with Gasteiger partial charge in [-0.15, -0.1) is 11.8 Å². The Hall–Kier alpha value is -2.63. The summed E-state index contributed by atoms with van der Waals surface area (Å²) in [6.45, 7) is 9.08. The van der Waals surface area contributed by atoms with Gasteiger partial charge in [0.1, 0.15) is 18.1 Å². The van der Waals surface area contributed by atoms with Crippen LogP contribution in [0.3, 0.4) is 0 Å². The van der Waals surface area contributed by atoms with Crippen LogP contribution in [0.1, 0.15) is 25.0 Å². The number of nitrogens with zero attached hydrogens (tertiary/aromatic N) is 2. The topological polar surface area (TPSA) is 24.9 Å². The van der Waals surface area contributed by atoms with E-state index in [2.05, 4.69) is 96.4 Å². The minimum absolute atomic E-state index is 0.429. The van der Waals surface area contributed by atoms with Crippen LogP contribution in [0.4, 0.5) is 5.69 Å². The third-order valence-corrected chi connectivity index (χ3v) is 7.73. The second kappa shape index (κ2) is 12.2. The highest BCUT2D eigenvalue weighted by atomic mass is 32.2. The summed E-state index contributed by atoms with van der Waals surface area (Å²) in [6.07, 6.45) is 1.01. The number of fused-ring (bicyclic) bond motifs is 1. The van der Waals surface area contributed by atoms with E-state index in [4.69, 9.17) is 9.47 Å². The number of anilines is 1. The molecule has 1 aliphatic heterocycles. The molecule has 1 atom stereocenters. The van der Waals surface area contributed by atoms with Gasteiger partial charge in [0.25, 0.3) is 0 Å². The maximum Gasteiger partial charge on any atom is 0.119 e. The summed E-state index contributed by atoms with van der Waals surface area (Å²) >= 11 is 1.97. The number of hydrogen-bond donors (Lipinski definition) is 0. The van der Waals surface area contributed by atoms with E-state index < -0.39 is 0 Å². The van der Waals surface area contributed by atoms with Crippen LogP contribution in [-0.4, -0.2) is 50.0 Å². The van der Waals surface area contributed by atoms with E-state index in [1.54, 1.807) is 7.11 Å². The second-order valence-corrected chi connectivity index (χ2v) is 9.69. The molecule has 0 saturated heterocycles. The van der Waals surface area contributed by atoms with Crippen LogP contribution in [0.2, 0.25) is 0 Å². The zero-order chi connectivity index (χ0) is 23.8. The lowest BCUT2D eigenvalue weighted by Crippen LogP contribution is -2.41. The van der Waals surface area contributed by atoms with Crippen LogP contribution in [0.25, 0.3) is 0 Å². The molecule has 5 heteroatoms. The maximum absolute atomic E-state index is 5.99. The number of rotatable bonds is 11. The second-order valence-electron chi connectivity index (χ2n) is 8.63. The summed E-state index contributed by atoms with van der Waals surface area (Å²) in [6, 6.07) is 26.3. The fourth-order valence-electron chi connectivity index (χ4n) is 4.43. The van der Waals surface area contributed by atoms with Gasteiger partial charge < -0.3 is 19.3 Å². The molecule has 0 radical (unpaired) electrons. The third-order valence-electron chi connectivity index (χ3n) is 6.52. The Morgan fingerprint density at radius 2 is 1.56 bits per heavy atom. The van der Waals surface area contributed by atoms with Gasteiger partial charge in [0.05, 0.1) is 12.8 Å². The predicted molar refractivity (Wildman–Crippen MR) is 144 cm³/mol. The molecule has 0 aromatic heterocycles. The Kier molecular flexibility index (Phi) is 8.78. The Morgan fingerprint density at radius 3 is 2.26 bits per heavy atom. The van der Waals surface area contributed by atoms with Crippen LogP contribution >= 0.6 is 11.8 Å². The van der Waals surface area contributed by atoms with Gasteiger partial charge in [0, 0.05) is 29.8 Å². The number of methoxy groups -OCH3 is 1. The van der Waals surface area contributed by atoms with Crippen LogP contribution in [0.5, 0.6) is 11.5 Å². The Bertz CT molecular complexity index is 1020. The Balaban J connectivity index is 1.45. The summed E-state index contributed by atoms with van der Waals surface area (Å²) in [5.41, 5.74) is 3.97. The molecule has 0 fully saturated rings. The first-order chi connectivity index (χ1) is 16.7. The van der Waals surface area contributed by atoms with E-state index >= 15 is 0 Å². The van der Waals surface area contributed by atoms with Gasteiger partial charge in [-0.05, 0) is 67.0 Å². The summed E-state index contributed by atoms with van der Waals surface area (Å²) < 4.78 is 11.3. The van der Waals surface area contributed by atoms with Crippen molar-refractivity contribution in [1.29, 1.82) is 0 Å². The molecule has 0 aliphatic carbocycles. The zero-order valence-corrected chi connectivity index (χ0v) is 21.4. The van der Waals surface area contributed by atoms with Gasteiger partial charge in [0.2, 0.25) is 0 Å². The third kappa shape index (κ3) is 6.28. The van der Waals surface area contributed by atoms with E-state index in [0.717, 1.165) is 56.5 Å². The highest BCUT2D eigenvalue weighted by molar-refractivity contribution is 7.99. The molecule has 1 heterocycles. The molecular formula is C29H36N2O2S. The van der Waals surface area contributed by atoms with Crippen molar-refractivity contribution < 1.29 is 9.47 Å². The molecule has 0 spiro atoms. The molecule has 1 aliphatic rings. The van der Waals surface area contributed by atoms with E-state index in [1.165, 1.54) is 21.7 Å². The predicted octanol–water partition coefficient (Wildman–Crippen LogP) is 6.14. The summed E-state index contributed by atoms with van der Waals surface area (Å²) in [5, 5.41) is 0. The van der Waals surface area contributed by atoms with Crippen molar-refractivity contribution in [1.82, 2.24) is 4.90 Å². The minimum Gasteiger partial charge on any atom is -0.497 e. The van der Waals surface area contributed by atoms with Gasteiger partial charge in [-0.25, -0.2) is 0 Å². The Labute approximate surface area is 208 Å². The van der Waals surface area contributed by atoms with Crippen molar-refractivity contribution in [2.45, 2.75) is 37.8 Å². The van der Waals surface area contributed by atoms with Crippen molar-refractivity contribution in [3.63, 3.8) is 0 Å². The van der Waals surface area contributed by atoms with Gasteiger partial charge in [0.15, 0.2) is 0 Å². The van der Waals surface area contributed by atoms with E-state index in [9.17, 15) is 0 Å². The lowest BCUT2D eigenvalue weighted by molar-refractivity contribution is 0.223. The van der Waals surface area contributed by atoms with Crippen molar-refractivity contribution in [3.8, 4) is 11.5 Å². The van der Waals surface area contributed by atoms with Crippen LogP contribution in [-0.2, 0) is 13.0 Å². The number of ether oxygens (including phenoxy) is 2. The lowest BCUT2D eigenvalue weighted by Gasteiger charge is -2.39. The summed E-state index contributed by atoms with van der Waals surface area (Å²) in [7, 11) is 1.72. The molecule has 0 unspecified atom stereocenters. The number of likely N-dealkylation sites (N-methyl/N-ethyl adjacent to an activating group) is 1. The zero-order valence-electron chi connectivity index (χ0n) is 20.6. The first-order valence-electron chi connectivity index (χ1n) is 12.3. The number of thioether (sulfide) groups is 1. The summed E-state index contributed by atoms with van der Waals surface area (Å²) in [4.78, 5) is 6.32. The highest BCUT2D eigenvalue weighted by Crippen LogP contribution is 2.39. The molecule has 0 saturated carbocycles. The van der Waals surface area contributed by atoms with Crippen molar-refractivity contribution in [3.05, 3.63) is 83.9 Å². The van der Waals surface area contributed by atoms with E-state index in [0.29, 0.717) is 6.04 Å². The largest absolute Gasteiger partial charge is 0.497 e. The standard InChI is InChI=1S/C29H36N2O2S/c1-4-30(5-2)18-19-33-27-16-12-24(13-17-27)21-31-25(20-23-10-14-26(32-3)15-11-23)22-34-29-9-7-6-8-28(29)31/h6-17,25H,4-5,18-22H2,1-3H3/t25-/m0/s1. The smallest absolute Gasteiger partial charge is 0.119 e. The van der Waals surface area contributed by atoms with Crippen LogP contribution < -0.4 is 14.4 Å².